The molecular weight excluding hydrogens is 414 g/mol. The van der Waals surface area contributed by atoms with Gasteiger partial charge in [0.2, 0.25) is 5.91 Å². The molecule has 0 radical (unpaired) electrons. The molecule has 0 spiro atoms. The highest BCUT2D eigenvalue weighted by Crippen LogP contribution is 2.17. The van der Waals surface area contributed by atoms with E-state index in [0.29, 0.717) is 18.1 Å². The van der Waals surface area contributed by atoms with Gasteiger partial charge in [-0.2, -0.15) is 0 Å². The summed E-state index contributed by atoms with van der Waals surface area (Å²) in [4.78, 5) is 51.4. The lowest BCUT2D eigenvalue weighted by molar-refractivity contribution is -0.134. The molecule has 4 rings (SSSR count). The van der Waals surface area contributed by atoms with Crippen molar-refractivity contribution in [2.24, 2.45) is 14.1 Å². The number of ether oxygens (including phenoxy) is 1. The van der Waals surface area contributed by atoms with Gasteiger partial charge in [-0.25, -0.2) is 19.7 Å². The Labute approximate surface area is 175 Å². The van der Waals surface area contributed by atoms with Crippen molar-refractivity contribution >= 4 is 28.7 Å². The third-order valence-corrected chi connectivity index (χ3v) is 5.32. The molecule has 3 aromatic heterocycles. The molecule has 30 heavy (non-hydrogen) atoms. The van der Waals surface area contributed by atoms with Crippen LogP contribution < -0.4 is 16.0 Å². The van der Waals surface area contributed by atoms with Crippen LogP contribution in [0.15, 0.2) is 28.3 Å². The summed E-state index contributed by atoms with van der Waals surface area (Å²) in [6.07, 6.45) is 5.61. The van der Waals surface area contributed by atoms with Gasteiger partial charge < -0.3 is 14.2 Å². The number of carbonyl (C=O) groups is 1. The van der Waals surface area contributed by atoms with Crippen molar-refractivity contribution in [3.05, 3.63) is 44.6 Å². The third-order valence-electron chi connectivity index (χ3n) is 5.12. The molecule has 0 unspecified atom stereocenters. The number of carbonyl (C=O) groups excluding carboxylic acids is 1. The molecule has 1 aliphatic heterocycles. The first kappa shape index (κ1) is 20.1. The molecule has 0 aliphatic carbocycles. The van der Waals surface area contributed by atoms with Gasteiger partial charge in [-0.15, -0.1) is 0 Å². The van der Waals surface area contributed by atoms with Gasteiger partial charge in [-0.1, -0.05) is 11.6 Å². The lowest BCUT2D eigenvalue weighted by atomic mass is 10.1. The van der Waals surface area contributed by atoms with Crippen molar-refractivity contribution < 1.29 is 9.53 Å². The van der Waals surface area contributed by atoms with Crippen LogP contribution in [0.1, 0.15) is 12.8 Å². The number of nitrogens with zero attached hydrogens (tertiary/aromatic N) is 7. The summed E-state index contributed by atoms with van der Waals surface area (Å²) in [6, 6.07) is 0.212. The van der Waals surface area contributed by atoms with Crippen LogP contribution in [0.25, 0.3) is 11.2 Å². The molecule has 1 fully saturated rings. The number of hydrogen-bond donors (Lipinski definition) is 0. The standard InChI is InChI=1S/C18H20ClN7O4/c1-23-15-14(16(28)24(2)18(23)29)26(10-22-15)9-13(27)25-5-3-4-12(8-25)30-17-20-6-11(19)7-21-17/h6-7,10,12H,3-5,8-9H2,1-2H3/t12-/m1/s1. The first-order valence-corrected chi connectivity index (χ1v) is 9.75. The highest BCUT2D eigenvalue weighted by atomic mass is 35.5. The van der Waals surface area contributed by atoms with Crippen LogP contribution >= 0.6 is 11.6 Å². The molecule has 1 atom stereocenters. The Kier molecular flexibility index (Phi) is 5.29. The largest absolute Gasteiger partial charge is 0.458 e. The first-order valence-electron chi connectivity index (χ1n) is 9.38. The molecular formula is C18H20ClN7O4. The van der Waals surface area contributed by atoms with Gasteiger partial charge >= 0.3 is 11.7 Å². The summed E-state index contributed by atoms with van der Waals surface area (Å²) in [5.74, 6) is -0.171. The summed E-state index contributed by atoms with van der Waals surface area (Å²) in [5.41, 5.74) is -0.495. The molecule has 1 amide bonds. The summed E-state index contributed by atoms with van der Waals surface area (Å²) in [7, 11) is 2.93. The van der Waals surface area contributed by atoms with Crippen molar-refractivity contribution in [2.45, 2.75) is 25.5 Å². The van der Waals surface area contributed by atoms with Gasteiger partial charge in [0.25, 0.3) is 5.56 Å². The number of amides is 1. The Morgan fingerprint density at radius 3 is 2.67 bits per heavy atom. The van der Waals surface area contributed by atoms with Gasteiger partial charge in [0, 0.05) is 20.6 Å². The second kappa shape index (κ2) is 7.90. The van der Waals surface area contributed by atoms with Gasteiger partial charge in [0.1, 0.15) is 12.6 Å². The summed E-state index contributed by atoms with van der Waals surface area (Å²) < 4.78 is 9.54. The van der Waals surface area contributed by atoms with Crippen LogP contribution in [0.2, 0.25) is 5.02 Å². The van der Waals surface area contributed by atoms with Crippen molar-refractivity contribution in [3.63, 3.8) is 0 Å². The van der Waals surface area contributed by atoms with Crippen molar-refractivity contribution in [1.29, 1.82) is 0 Å². The van der Waals surface area contributed by atoms with E-state index < -0.39 is 11.2 Å². The van der Waals surface area contributed by atoms with Gasteiger partial charge in [-0.3, -0.25) is 18.7 Å². The molecule has 12 heteroatoms. The predicted molar refractivity (Wildman–Crippen MR) is 107 cm³/mol. The second-order valence-corrected chi connectivity index (χ2v) is 7.59. The second-order valence-electron chi connectivity index (χ2n) is 7.16. The van der Waals surface area contributed by atoms with Gasteiger partial charge in [-0.05, 0) is 12.8 Å². The van der Waals surface area contributed by atoms with E-state index in [1.54, 1.807) is 4.90 Å². The number of aromatic nitrogens is 6. The van der Waals surface area contributed by atoms with E-state index in [2.05, 4.69) is 15.0 Å². The summed E-state index contributed by atoms with van der Waals surface area (Å²) in [6.45, 7) is 0.908. The molecule has 0 bridgehead atoms. The maximum Gasteiger partial charge on any atom is 0.332 e. The Hall–Kier alpha value is -3.21. The number of likely N-dealkylation sites (tertiary alicyclic amines) is 1. The Balaban J connectivity index is 1.50. The van der Waals surface area contributed by atoms with E-state index in [-0.39, 0.29) is 35.7 Å². The fraction of sp³-hybridized carbons (Fsp3) is 0.444. The van der Waals surface area contributed by atoms with E-state index >= 15 is 0 Å². The molecule has 0 saturated carbocycles. The molecule has 0 N–H and O–H groups in total. The van der Waals surface area contributed by atoms with Crippen LogP contribution in [0.4, 0.5) is 0 Å². The average molecular weight is 434 g/mol. The van der Waals surface area contributed by atoms with E-state index in [4.69, 9.17) is 16.3 Å². The number of rotatable bonds is 4. The fourth-order valence-corrected chi connectivity index (χ4v) is 3.63. The van der Waals surface area contributed by atoms with Crippen LogP contribution in [0.3, 0.4) is 0 Å². The Morgan fingerprint density at radius 2 is 1.93 bits per heavy atom. The minimum Gasteiger partial charge on any atom is -0.458 e. The number of fused-ring (bicyclic) bond motifs is 1. The zero-order valence-electron chi connectivity index (χ0n) is 16.5. The highest BCUT2D eigenvalue weighted by Gasteiger charge is 2.26. The molecule has 158 valence electrons. The highest BCUT2D eigenvalue weighted by molar-refractivity contribution is 6.30. The van der Waals surface area contributed by atoms with Crippen LogP contribution in [-0.2, 0) is 25.4 Å². The first-order chi connectivity index (χ1) is 14.3. The monoisotopic (exact) mass is 433 g/mol. The Morgan fingerprint density at radius 1 is 1.20 bits per heavy atom. The predicted octanol–water partition coefficient (Wildman–Crippen LogP) is -0.0529. The number of imidazole rings is 1. The van der Waals surface area contributed by atoms with Crippen LogP contribution in [0.5, 0.6) is 6.01 Å². The molecule has 11 nitrogen and oxygen atoms in total. The third kappa shape index (κ3) is 3.67. The number of piperidine rings is 1. The van der Waals surface area contributed by atoms with Gasteiger partial charge in [0.15, 0.2) is 11.2 Å². The Bertz CT molecular complexity index is 1210. The SMILES string of the molecule is Cn1c(=O)c2c(ncn2CC(=O)N2CCC[C@@H](Oc3ncc(Cl)cn3)C2)n(C)c1=O. The molecule has 0 aromatic carbocycles. The quantitative estimate of drug-likeness (QED) is 0.566. The number of hydrogen-bond acceptors (Lipinski definition) is 7. The van der Waals surface area contributed by atoms with E-state index in [0.717, 1.165) is 17.4 Å². The van der Waals surface area contributed by atoms with Crippen molar-refractivity contribution in [1.82, 2.24) is 33.6 Å². The normalized spacial score (nSPS) is 16.8. The summed E-state index contributed by atoms with van der Waals surface area (Å²) in [5, 5.41) is 0.416. The lowest BCUT2D eigenvalue weighted by Gasteiger charge is -2.32. The zero-order valence-corrected chi connectivity index (χ0v) is 17.2. The molecule has 1 aliphatic rings. The van der Waals surface area contributed by atoms with Crippen LogP contribution in [0, 0.1) is 0 Å². The minimum atomic E-state index is -0.488. The molecule has 3 aromatic rings. The zero-order chi connectivity index (χ0) is 21.4. The number of halogens is 1. The maximum absolute atomic E-state index is 12.9. The smallest absolute Gasteiger partial charge is 0.332 e. The molecule has 4 heterocycles. The van der Waals surface area contributed by atoms with Gasteiger partial charge in [0.05, 0.1) is 30.3 Å². The fourth-order valence-electron chi connectivity index (χ4n) is 3.53. The average Bonchev–Trinajstić information content (AvgIpc) is 3.16. The maximum atomic E-state index is 12.9. The van der Waals surface area contributed by atoms with Crippen molar-refractivity contribution in [3.8, 4) is 6.01 Å². The van der Waals surface area contributed by atoms with Crippen LogP contribution in [-0.4, -0.2) is 58.7 Å². The minimum absolute atomic E-state index is 0.0614. The van der Waals surface area contributed by atoms with E-state index in [9.17, 15) is 14.4 Å². The molecule has 1 saturated heterocycles. The van der Waals surface area contributed by atoms with E-state index in [1.807, 2.05) is 0 Å². The summed E-state index contributed by atoms with van der Waals surface area (Å²) >= 11 is 5.78. The van der Waals surface area contributed by atoms with Crippen molar-refractivity contribution in [2.75, 3.05) is 13.1 Å². The number of aryl methyl sites for hydroxylation is 1. The lowest BCUT2D eigenvalue weighted by Crippen LogP contribution is -2.46. The van der Waals surface area contributed by atoms with E-state index in [1.165, 1.54) is 42.0 Å². The topological polar surface area (TPSA) is 117 Å².